The summed E-state index contributed by atoms with van der Waals surface area (Å²) in [6, 6.07) is 6.07. The van der Waals surface area contributed by atoms with E-state index in [-0.39, 0.29) is 37.9 Å². The molecule has 1 aromatic carbocycles. The molecular weight excluding hydrogens is 581 g/mol. The van der Waals surface area contributed by atoms with Crippen molar-refractivity contribution in [1.29, 1.82) is 0 Å². The van der Waals surface area contributed by atoms with Gasteiger partial charge in [-0.25, -0.2) is 9.37 Å². The molecule has 0 radical (unpaired) electrons. The molecule has 4 heterocycles. The third-order valence-electron chi connectivity index (χ3n) is 8.22. The molecule has 2 aromatic heterocycles. The first-order chi connectivity index (χ1) is 19.2. The lowest BCUT2D eigenvalue weighted by Gasteiger charge is -2.48. The lowest BCUT2D eigenvalue weighted by molar-refractivity contribution is -0.300. The van der Waals surface area contributed by atoms with Gasteiger partial charge in [0.2, 0.25) is 0 Å². The van der Waals surface area contributed by atoms with E-state index in [1.807, 2.05) is 9.47 Å². The van der Waals surface area contributed by atoms with Gasteiger partial charge in [-0.15, -0.1) is 10.2 Å². The van der Waals surface area contributed by atoms with E-state index in [0.29, 0.717) is 35.6 Å². The minimum absolute atomic E-state index is 0.171. The van der Waals surface area contributed by atoms with Crippen molar-refractivity contribution in [2.75, 3.05) is 18.0 Å². The average molecular weight is 605 g/mol. The van der Waals surface area contributed by atoms with Crippen LogP contribution < -0.4 is 4.90 Å². The monoisotopic (exact) mass is 604 g/mol. The van der Waals surface area contributed by atoms with E-state index >= 15 is 0 Å². The molecule has 0 spiro atoms. The Kier molecular flexibility index (Phi) is 6.73. The summed E-state index contributed by atoms with van der Waals surface area (Å²) in [5.41, 5.74) is -2.40. The number of aliphatic hydroxyl groups is 1. The van der Waals surface area contributed by atoms with Crippen LogP contribution in [0.1, 0.15) is 54.5 Å². The quantitative estimate of drug-likeness (QED) is 0.391. The molecule has 41 heavy (non-hydrogen) atoms. The van der Waals surface area contributed by atoms with Gasteiger partial charge in [-0.3, -0.25) is 9.47 Å². The average Bonchev–Trinajstić information content (AvgIpc) is 3.21. The number of fused-ring (bicyclic) bond motifs is 3. The van der Waals surface area contributed by atoms with Gasteiger partial charge in [0.05, 0.1) is 12.2 Å². The number of pyridine rings is 1. The molecule has 0 bridgehead atoms. The molecule has 1 saturated heterocycles. The number of benzene rings is 1. The molecule has 7 nitrogen and oxygen atoms in total. The van der Waals surface area contributed by atoms with Crippen molar-refractivity contribution in [3.63, 3.8) is 0 Å². The van der Waals surface area contributed by atoms with Gasteiger partial charge in [-0.05, 0) is 48.7 Å². The maximum Gasteiger partial charge on any atom is 0.433 e. The van der Waals surface area contributed by atoms with Crippen LogP contribution in [0.5, 0.6) is 0 Å². The van der Waals surface area contributed by atoms with Crippen LogP contribution in [-0.4, -0.2) is 60.7 Å². The molecule has 2 aliphatic heterocycles. The molecule has 0 unspecified atom stereocenters. The highest BCUT2D eigenvalue weighted by atomic mass is 35.5. The number of hydrogen-bond acceptors (Lipinski definition) is 6. The first-order valence-corrected chi connectivity index (χ1v) is 13.4. The summed E-state index contributed by atoms with van der Waals surface area (Å²) in [7, 11) is 0. The van der Waals surface area contributed by atoms with Gasteiger partial charge in [0, 0.05) is 49.5 Å². The van der Waals surface area contributed by atoms with E-state index in [0.717, 1.165) is 17.3 Å². The summed E-state index contributed by atoms with van der Waals surface area (Å²) in [5, 5.41) is 19.2. The molecule has 0 atom stereocenters. The predicted molar refractivity (Wildman–Crippen MR) is 133 cm³/mol. The Bertz CT molecular complexity index is 1460. The van der Waals surface area contributed by atoms with E-state index in [1.165, 1.54) is 4.90 Å². The fourth-order valence-corrected chi connectivity index (χ4v) is 6.14. The van der Waals surface area contributed by atoms with E-state index in [9.17, 15) is 35.8 Å². The minimum Gasteiger partial charge on any atom is -0.380 e. The lowest BCUT2D eigenvalue weighted by atomic mass is 9.74. The molecule has 1 aliphatic carbocycles. The fourth-order valence-electron chi connectivity index (χ4n) is 5.94. The number of piperidine rings is 1. The Morgan fingerprint density at radius 1 is 0.951 bits per heavy atom. The number of alkyl halides is 6. The van der Waals surface area contributed by atoms with Gasteiger partial charge in [0.15, 0.2) is 23.1 Å². The largest absolute Gasteiger partial charge is 0.433 e. The van der Waals surface area contributed by atoms with Crippen LogP contribution in [0.15, 0.2) is 30.3 Å². The first kappa shape index (κ1) is 28.2. The summed E-state index contributed by atoms with van der Waals surface area (Å²) in [6.07, 6.45) is -9.45. The number of rotatable bonds is 3. The Morgan fingerprint density at radius 3 is 2.32 bits per heavy atom. The molecule has 0 amide bonds. The summed E-state index contributed by atoms with van der Waals surface area (Å²) >= 11 is 6.27. The van der Waals surface area contributed by atoms with Gasteiger partial charge in [-0.1, -0.05) is 11.6 Å². The number of anilines is 1. The summed E-state index contributed by atoms with van der Waals surface area (Å²) in [4.78, 5) is 6.84. The van der Waals surface area contributed by atoms with Crippen LogP contribution in [0, 0.1) is 5.82 Å². The highest BCUT2D eigenvalue weighted by Crippen LogP contribution is 2.48. The second kappa shape index (κ2) is 9.80. The van der Waals surface area contributed by atoms with Crippen molar-refractivity contribution in [3.05, 3.63) is 64.1 Å². The van der Waals surface area contributed by atoms with Crippen LogP contribution in [0.2, 0.25) is 5.02 Å². The third kappa shape index (κ3) is 5.03. The number of halogens is 8. The summed E-state index contributed by atoms with van der Waals surface area (Å²) < 4.78 is 95.6. The van der Waals surface area contributed by atoms with Gasteiger partial charge in [0.25, 0.3) is 0 Å². The SMILES string of the molecule is OC1(C(F)(F)F)CC(N2Cc3cc(Cl)ccc3-n3c(nnc3C3CCN(c4nc(C(F)(F)F)ccc4F)CC3)C2)C1. The minimum atomic E-state index is -4.72. The molecule has 2 fully saturated rings. The van der Waals surface area contributed by atoms with Gasteiger partial charge >= 0.3 is 12.4 Å². The number of hydrogen-bond donors (Lipinski definition) is 1. The predicted octanol–water partition coefficient (Wildman–Crippen LogP) is 5.63. The van der Waals surface area contributed by atoms with Crippen LogP contribution >= 0.6 is 11.6 Å². The molecule has 6 rings (SSSR count). The molecular formula is C26H24ClF7N6O. The highest BCUT2D eigenvalue weighted by molar-refractivity contribution is 6.30. The van der Waals surface area contributed by atoms with Crippen molar-refractivity contribution >= 4 is 17.4 Å². The lowest BCUT2D eigenvalue weighted by Crippen LogP contribution is -2.61. The molecule has 15 heteroatoms. The first-order valence-electron chi connectivity index (χ1n) is 13.0. The van der Waals surface area contributed by atoms with Crippen molar-refractivity contribution < 1.29 is 35.8 Å². The summed E-state index contributed by atoms with van der Waals surface area (Å²) in [6.45, 7) is 0.942. The number of aromatic nitrogens is 4. The molecule has 3 aliphatic rings. The Labute approximate surface area is 234 Å². The van der Waals surface area contributed by atoms with E-state index in [2.05, 4.69) is 15.2 Å². The fraction of sp³-hybridized carbons (Fsp3) is 0.500. The van der Waals surface area contributed by atoms with Crippen molar-refractivity contribution in [2.24, 2.45) is 0 Å². The Balaban J connectivity index is 1.25. The second-order valence-electron chi connectivity index (χ2n) is 10.8. The van der Waals surface area contributed by atoms with Crippen LogP contribution in [0.25, 0.3) is 5.69 Å². The normalized spacial score (nSPS) is 24.0. The number of nitrogens with zero attached hydrogens (tertiary/aromatic N) is 6. The summed E-state index contributed by atoms with van der Waals surface area (Å²) in [5.74, 6) is -0.254. The van der Waals surface area contributed by atoms with E-state index in [1.54, 1.807) is 18.2 Å². The zero-order chi connectivity index (χ0) is 29.3. The van der Waals surface area contributed by atoms with Crippen molar-refractivity contribution in [3.8, 4) is 5.69 Å². The van der Waals surface area contributed by atoms with E-state index < -0.39 is 48.3 Å². The van der Waals surface area contributed by atoms with Gasteiger partial charge < -0.3 is 10.0 Å². The highest BCUT2D eigenvalue weighted by Gasteiger charge is 2.62. The van der Waals surface area contributed by atoms with Crippen LogP contribution in [-0.2, 0) is 19.3 Å². The second-order valence-corrected chi connectivity index (χ2v) is 11.3. The Hall–Kier alpha value is -2.97. The van der Waals surface area contributed by atoms with Crippen LogP contribution in [0.3, 0.4) is 0 Å². The smallest absolute Gasteiger partial charge is 0.380 e. The van der Waals surface area contributed by atoms with Crippen molar-refractivity contribution in [1.82, 2.24) is 24.6 Å². The standard InChI is InChI=1S/C26H24ClF7N6O/c27-16-1-3-19-15(9-16)12-39(17-10-24(41,11-17)26(32,33)34)13-21-36-37-22(40(19)21)14-5-7-38(8-6-14)23-18(28)2-4-20(35-23)25(29,30)31/h1-4,9,14,17,41H,5-8,10-13H2. The maximum atomic E-state index is 14.4. The van der Waals surface area contributed by atoms with Gasteiger partial charge in [0.1, 0.15) is 11.5 Å². The Morgan fingerprint density at radius 2 is 1.66 bits per heavy atom. The zero-order valence-corrected chi connectivity index (χ0v) is 22.1. The topological polar surface area (TPSA) is 70.3 Å². The van der Waals surface area contributed by atoms with Crippen molar-refractivity contribution in [2.45, 2.75) is 68.7 Å². The van der Waals surface area contributed by atoms with E-state index in [4.69, 9.17) is 11.6 Å². The van der Waals surface area contributed by atoms with Crippen LogP contribution in [0.4, 0.5) is 36.6 Å². The molecule has 1 saturated carbocycles. The molecule has 3 aromatic rings. The zero-order valence-electron chi connectivity index (χ0n) is 21.4. The van der Waals surface area contributed by atoms with Gasteiger partial charge in [-0.2, -0.15) is 26.3 Å². The molecule has 220 valence electrons. The maximum absolute atomic E-state index is 14.4. The third-order valence-corrected chi connectivity index (χ3v) is 8.46. The molecule has 1 N–H and O–H groups in total.